The summed E-state index contributed by atoms with van der Waals surface area (Å²) in [6.45, 7) is 1.10. The van der Waals surface area contributed by atoms with Gasteiger partial charge in [0.25, 0.3) is 0 Å². The third-order valence-corrected chi connectivity index (χ3v) is 4.08. The Morgan fingerprint density at radius 3 is 2.00 bits per heavy atom. The highest BCUT2D eigenvalue weighted by atomic mass is 19.2. The van der Waals surface area contributed by atoms with Crippen LogP contribution in [-0.2, 0) is 9.53 Å². The monoisotopic (exact) mass is 305 g/mol. The van der Waals surface area contributed by atoms with Gasteiger partial charge in [0.1, 0.15) is 12.2 Å². The largest absolute Gasteiger partial charge is 0.458 e. The van der Waals surface area contributed by atoms with E-state index in [2.05, 4.69) is 0 Å². The molecule has 4 nitrogen and oxygen atoms in total. The summed E-state index contributed by atoms with van der Waals surface area (Å²) in [6, 6.07) is -2.16. The molecule has 8 heteroatoms. The number of fused-ring (bicyclic) bond motifs is 5. The lowest BCUT2D eigenvalue weighted by Crippen LogP contribution is -2.36. The number of ether oxygens (including phenoxy) is 1. The first kappa shape index (κ1) is 14.3. The second-order valence-electron chi connectivity index (χ2n) is 5.20. The molecule has 1 saturated heterocycles. The number of benzene rings is 1. The molecule has 114 valence electrons. The van der Waals surface area contributed by atoms with Crippen LogP contribution in [0.5, 0.6) is 0 Å². The Morgan fingerprint density at radius 1 is 1.05 bits per heavy atom. The van der Waals surface area contributed by atoms with E-state index in [0.29, 0.717) is 0 Å². The fourth-order valence-corrected chi connectivity index (χ4v) is 3.32. The van der Waals surface area contributed by atoms with Gasteiger partial charge in [0.2, 0.25) is 0 Å². The van der Waals surface area contributed by atoms with Gasteiger partial charge in [-0.25, -0.2) is 17.6 Å². The second-order valence-corrected chi connectivity index (χ2v) is 5.20. The van der Waals surface area contributed by atoms with Gasteiger partial charge in [-0.05, 0) is 7.05 Å². The summed E-state index contributed by atoms with van der Waals surface area (Å²) in [5.41, 5.74) is -0.828. The molecule has 1 fully saturated rings. The van der Waals surface area contributed by atoms with E-state index in [9.17, 15) is 27.5 Å². The van der Waals surface area contributed by atoms with Crippen molar-refractivity contribution in [1.29, 1.82) is 0 Å². The number of halogens is 4. The Hall–Kier alpha value is -1.67. The van der Waals surface area contributed by atoms with Crippen molar-refractivity contribution in [2.24, 2.45) is 0 Å². The molecule has 0 radical (unpaired) electrons. The lowest BCUT2D eigenvalue weighted by Gasteiger charge is -2.27. The maximum atomic E-state index is 14.0. The van der Waals surface area contributed by atoms with Crippen LogP contribution in [0.2, 0.25) is 0 Å². The van der Waals surface area contributed by atoms with Gasteiger partial charge < -0.3 is 9.84 Å². The van der Waals surface area contributed by atoms with Crippen LogP contribution in [-0.4, -0.2) is 35.2 Å². The highest BCUT2D eigenvalue weighted by Crippen LogP contribution is 2.55. The molecule has 2 unspecified atom stereocenters. The van der Waals surface area contributed by atoms with Crippen LogP contribution in [0.4, 0.5) is 17.6 Å². The van der Waals surface area contributed by atoms with Crippen molar-refractivity contribution in [3.05, 3.63) is 34.4 Å². The molecule has 2 bridgehead atoms. The van der Waals surface area contributed by atoms with Crippen molar-refractivity contribution >= 4 is 5.97 Å². The van der Waals surface area contributed by atoms with E-state index in [1.807, 2.05) is 0 Å². The zero-order valence-corrected chi connectivity index (χ0v) is 11.0. The molecule has 2 aliphatic rings. The minimum Gasteiger partial charge on any atom is -0.458 e. The number of carbonyl (C=O) groups excluding carboxylic acids is 1. The Morgan fingerprint density at radius 2 is 1.52 bits per heavy atom. The van der Waals surface area contributed by atoms with Gasteiger partial charge in [-0.1, -0.05) is 0 Å². The predicted molar refractivity (Wildman–Crippen MR) is 61.1 cm³/mol. The van der Waals surface area contributed by atoms with E-state index in [1.54, 1.807) is 0 Å². The molecule has 0 spiro atoms. The first-order valence-corrected chi connectivity index (χ1v) is 6.20. The van der Waals surface area contributed by atoms with Crippen LogP contribution < -0.4 is 0 Å². The van der Waals surface area contributed by atoms with Gasteiger partial charge in [-0.15, -0.1) is 0 Å². The number of carbonyl (C=O) groups is 1. The van der Waals surface area contributed by atoms with Crippen LogP contribution in [0, 0.1) is 23.3 Å². The number of esters is 1. The highest BCUT2D eigenvalue weighted by molar-refractivity contribution is 5.66. The van der Waals surface area contributed by atoms with Crippen molar-refractivity contribution < 1.29 is 32.2 Å². The average molecular weight is 305 g/mol. The summed E-state index contributed by atoms with van der Waals surface area (Å²) in [5, 5.41) is 10.1. The number of rotatable bonds is 1. The van der Waals surface area contributed by atoms with E-state index >= 15 is 0 Å². The van der Waals surface area contributed by atoms with E-state index < -0.39 is 64.7 Å². The fourth-order valence-electron chi connectivity index (χ4n) is 3.32. The summed E-state index contributed by atoms with van der Waals surface area (Å²) in [7, 11) is 1.43. The summed E-state index contributed by atoms with van der Waals surface area (Å²) in [6.07, 6.45) is -2.51. The van der Waals surface area contributed by atoms with Crippen LogP contribution in [0.25, 0.3) is 0 Å². The maximum absolute atomic E-state index is 14.0. The smallest absolute Gasteiger partial charge is 0.303 e. The van der Waals surface area contributed by atoms with E-state index in [4.69, 9.17) is 4.74 Å². The summed E-state index contributed by atoms with van der Waals surface area (Å²) in [5.74, 6) is -7.59. The minimum absolute atomic E-state index is 0.407. The SMILES string of the molecule is CC(=O)OC1C2c3c(F)c(F)c(F)c(F)c3[C@@H]([C@H]1O)N2C. The fraction of sp³-hybridized carbons (Fsp3) is 0.462. The number of nitrogens with zero attached hydrogens (tertiary/aromatic N) is 1. The zero-order chi connectivity index (χ0) is 15.6. The molecule has 3 rings (SSSR count). The summed E-state index contributed by atoms with van der Waals surface area (Å²) >= 11 is 0. The third kappa shape index (κ3) is 1.66. The van der Waals surface area contributed by atoms with Crippen molar-refractivity contribution in [3.63, 3.8) is 0 Å². The molecule has 2 aliphatic heterocycles. The van der Waals surface area contributed by atoms with E-state index in [0.717, 1.165) is 6.92 Å². The lowest BCUT2D eigenvalue weighted by atomic mass is 9.86. The molecule has 1 aromatic carbocycles. The summed E-state index contributed by atoms with van der Waals surface area (Å²) in [4.78, 5) is 12.4. The van der Waals surface area contributed by atoms with Crippen LogP contribution in [0.3, 0.4) is 0 Å². The van der Waals surface area contributed by atoms with Crippen molar-refractivity contribution in [2.75, 3.05) is 7.05 Å². The Labute approximate surface area is 116 Å². The van der Waals surface area contributed by atoms with E-state index in [1.165, 1.54) is 11.9 Å². The molecular weight excluding hydrogens is 294 g/mol. The highest BCUT2D eigenvalue weighted by Gasteiger charge is 2.59. The van der Waals surface area contributed by atoms with Crippen LogP contribution in [0.1, 0.15) is 30.1 Å². The van der Waals surface area contributed by atoms with Crippen LogP contribution in [0.15, 0.2) is 0 Å². The topological polar surface area (TPSA) is 49.8 Å². The number of hydrogen-bond acceptors (Lipinski definition) is 4. The third-order valence-electron chi connectivity index (χ3n) is 4.08. The maximum Gasteiger partial charge on any atom is 0.303 e. The Balaban J connectivity index is 2.21. The molecular formula is C13H11F4NO3. The normalized spacial score (nSPS) is 30.6. The predicted octanol–water partition coefficient (Wildman–Crippen LogP) is 1.58. The molecule has 0 aliphatic carbocycles. The molecule has 0 amide bonds. The molecule has 21 heavy (non-hydrogen) atoms. The Bertz CT molecular complexity index is 651. The lowest BCUT2D eigenvalue weighted by molar-refractivity contribution is -0.152. The van der Waals surface area contributed by atoms with Gasteiger partial charge in [0.15, 0.2) is 23.3 Å². The van der Waals surface area contributed by atoms with Gasteiger partial charge >= 0.3 is 5.97 Å². The molecule has 1 N–H and O–H groups in total. The van der Waals surface area contributed by atoms with Crippen molar-refractivity contribution in [2.45, 2.75) is 31.2 Å². The van der Waals surface area contributed by atoms with Crippen LogP contribution >= 0.6 is 0 Å². The number of hydrogen-bond donors (Lipinski definition) is 1. The first-order chi connectivity index (χ1) is 9.77. The second kappa shape index (κ2) is 4.41. The number of likely N-dealkylation sites (N-methyl/N-ethyl adjacent to an activating group) is 1. The minimum atomic E-state index is -1.91. The molecule has 4 atom stereocenters. The van der Waals surface area contributed by atoms with Crippen molar-refractivity contribution in [1.82, 2.24) is 4.90 Å². The van der Waals surface area contributed by atoms with Gasteiger partial charge in [-0.2, -0.15) is 0 Å². The van der Waals surface area contributed by atoms with Gasteiger partial charge in [0, 0.05) is 18.1 Å². The molecule has 1 aromatic rings. The van der Waals surface area contributed by atoms with Crippen molar-refractivity contribution in [3.8, 4) is 0 Å². The summed E-state index contributed by atoms with van der Waals surface area (Å²) < 4.78 is 59.6. The van der Waals surface area contributed by atoms with Gasteiger partial charge in [-0.3, -0.25) is 9.69 Å². The van der Waals surface area contributed by atoms with E-state index in [-0.39, 0.29) is 0 Å². The Kier molecular flexibility index (Phi) is 3.00. The number of aliphatic hydroxyl groups is 1. The average Bonchev–Trinajstić information content (AvgIpc) is 2.83. The molecule has 0 aromatic heterocycles. The molecule has 0 saturated carbocycles. The first-order valence-electron chi connectivity index (χ1n) is 6.20. The zero-order valence-electron chi connectivity index (χ0n) is 11.0. The number of aliphatic hydroxyl groups excluding tert-OH is 1. The molecule has 2 heterocycles. The van der Waals surface area contributed by atoms with Gasteiger partial charge in [0.05, 0.1) is 12.1 Å². The quantitative estimate of drug-likeness (QED) is 0.370. The standard InChI is InChI=1S/C13H11F4NO3/c1-3(19)21-13-11-5-4(10(12(13)20)18(11)2)6(14)8(16)9(17)7(5)15/h10-13,20H,1-2H3/t10-,11?,12+,13?/m0/s1.